The zero-order valence-electron chi connectivity index (χ0n) is 15.1. The van der Waals surface area contributed by atoms with Crippen LogP contribution < -0.4 is 10.6 Å². The van der Waals surface area contributed by atoms with E-state index in [1.54, 1.807) is 0 Å². The van der Waals surface area contributed by atoms with Gasteiger partial charge in [0.15, 0.2) is 0 Å². The molecular formula is C20H31N3O. The van der Waals surface area contributed by atoms with Gasteiger partial charge in [-0.3, -0.25) is 9.69 Å². The van der Waals surface area contributed by atoms with E-state index in [9.17, 15) is 4.79 Å². The second-order valence-corrected chi connectivity index (χ2v) is 7.26. The van der Waals surface area contributed by atoms with Crippen molar-refractivity contribution in [2.75, 3.05) is 32.7 Å². The van der Waals surface area contributed by atoms with Crippen LogP contribution in [0.2, 0.25) is 0 Å². The molecule has 132 valence electrons. The van der Waals surface area contributed by atoms with Crippen molar-refractivity contribution in [2.45, 2.75) is 39.2 Å². The predicted molar refractivity (Wildman–Crippen MR) is 97.8 cm³/mol. The van der Waals surface area contributed by atoms with E-state index in [1.165, 1.54) is 5.56 Å². The van der Waals surface area contributed by atoms with Crippen molar-refractivity contribution in [3.63, 3.8) is 0 Å². The number of likely N-dealkylation sites (N-methyl/N-ethyl adjacent to an activating group) is 1. The van der Waals surface area contributed by atoms with Crippen LogP contribution in [0.1, 0.15) is 44.7 Å². The van der Waals surface area contributed by atoms with Crippen LogP contribution in [0.4, 0.5) is 0 Å². The molecule has 24 heavy (non-hydrogen) atoms. The largest absolute Gasteiger partial charge is 0.354 e. The van der Waals surface area contributed by atoms with Gasteiger partial charge < -0.3 is 10.6 Å². The van der Waals surface area contributed by atoms with Gasteiger partial charge in [0.1, 0.15) is 0 Å². The number of carbonyl (C=O) groups is 1. The molecule has 0 aromatic heterocycles. The molecule has 4 nitrogen and oxygen atoms in total. The summed E-state index contributed by atoms with van der Waals surface area (Å²) in [4.78, 5) is 15.1. The molecule has 1 aromatic rings. The Morgan fingerprint density at radius 2 is 1.92 bits per heavy atom. The first-order valence-electron chi connectivity index (χ1n) is 9.47. The maximum absolute atomic E-state index is 12.7. The molecule has 0 radical (unpaired) electrons. The minimum Gasteiger partial charge on any atom is -0.354 e. The van der Waals surface area contributed by atoms with Gasteiger partial charge in [0, 0.05) is 12.5 Å². The van der Waals surface area contributed by atoms with E-state index in [2.05, 4.69) is 53.6 Å². The van der Waals surface area contributed by atoms with Gasteiger partial charge in [0.2, 0.25) is 5.91 Å². The van der Waals surface area contributed by atoms with Gasteiger partial charge in [-0.15, -0.1) is 0 Å². The highest BCUT2D eigenvalue weighted by Crippen LogP contribution is 2.58. The van der Waals surface area contributed by atoms with Crippen molar-refractivity contribution >= 4 is 5.91 Å². The van der Waals surface area contributed by atoms with Gasteiger partial charge in [-0.05, 0) is 56.4 Å². The third-order valence-electron chi connectivity index (χ3n) is 6.01. The summed E-state index contributed by atoms with van der Waals surface area (Å²) in [6, 6.07) is 10.8. The molecular weight excluding hydrogens is 298 g/mol. The molecule has 1 saturated carbocycles. The molecule has 1 aliphatic carbocycles. The van der Waals surface area contributed by atoms with Crippen LogP contribution in [0, 0.1) is 11.3 Å². The molecule has 1 heterocycles. The molecule has 3 rings (SSSR count). The summed E-state index contributed by atoms with van der Waals surface area (Å²) >= 11 is 0. The van der Waals surface area contributed by atoms with Crippen LogP contribution in [0.5, 0.6) is 0 Å². The van der Waals surface area contributed by atoms with Crippen molar-refractivity contribution in [3.05, 3.63) is 35.9 Å². The summed E-state index contributed by atoms with van der Waals surface area (Å²) in [5.41, 5.74) is 1.60. The Labute approximate surface area is 146 Å². The zero-order chi connectivity index (χ0) is 17.0. The Balaban J connectivity index is 1.60. The second kappa shape index (κ2) is 7.66. The Kier molecular flexibility index (Phi) is 5.57. The van der Waals surface area contributed by atoms with Gasteiger partial charge in [0.05, 0.1) is 6.04 Å². The molecule has 1 aliphatic heterocycles. The van der Waals surface area contributed by atoms with Gasteiger partial charge in [-0.25, -0.2) is 0 Å². The highest BCUT2D eigenvalue weighted by Gasteiger charge is 2.57. The van der Waals surface area contributed by atoms with E-state index in [-0.39, 0.29) is 17.9 Å². The van der Waals surface area contributed by atoms with Crippen LogP contribution in [0.15, 0.2) is 30.3 Å². The SMILES string of the molecule is CCN(CC)C(CNC(=O)C1CC12CCNCC2)c1ccccc1. The third kappa shape index (κ3) is 3.65. The zero-order valence-corrected chi connectivity index (χ0v) is 15.1. The first kappa shape index (κ1) is 17.4. The first-order chi connectivity index (χ1) is 11.7. The molecule has 1 spiro atoms. The van der Waals surface area contributed by atoms with Crippen LogP contribution in [-0.2, 0) is 4.79 Å². The number of carbonyl (C=O) groups excluding carboxylic acids is 1. The lowest BCUT2D eigenvalue weighted by molar-refractivity contribution is -0.123. The van der Waals surface area contributed by atoms with Gasteiger partial charge in [-0.2, -0.15) is 0 Å². The fourth-order valence-corrected chi connectivity index (χ4v) is 4.31. The highest BCUT2D eigenvalue weighted by molar-refractivity contribution is 5.82. The minimum absolute atomic E-state index is 0.243. The summed E-state index contributed by atoms with van der Waals surface area (Å²) in [7, 11) is 0. The molecule has 2 fully saturated rings. The predicted octanol–water partition coefficient (Wildman–Crippen LogP) is 2.58. The lowest BCUT2D eigenvalue weighted by atomic mass is 9.91. The fraction of sp³-hybridized carbons (Fsp3) is 0.650. The smallest absolute Gasteiger partial charge is 0.223 e. The molecule has 2 N–H and O–H groups in total. The van der Waals surface area contributed by atoms with Gasteiger partial charge in [0.25, 0.3) is 0 Å². The lowest BCUT2D eigenvalue weighted by Gasteiger charge is -2.30. The van der Waals surface area contributed by atoms with E-state index in [4.69, 9.17) is 0 Å². The number of nitrogens with one attached hydrogen (secondary N) is 2. The lowest BCUT2D eigenvalue weighted by Crippen LogP contribution is -2.39. The van der Waals surface area contributed by atoms with Crippen LogP contribution >= 0.6 is 0 Å². The topological polar surface area (TPSA) is 44.4 Å². The van der Waals surface area contributed by atoms with Crippen molar-refractivity contribution in [1.82, 2.24) is 15.5 Å². The average Bonchev–Trinajstić information content (AvgIpc) is 3.32. The Morgan fingerprint density at radius 1 is 1.25 bits per heavy atom. The van der Waals surface area contributed by atoms with E-state index in [0.717, 1.165) is 45.4 Å². The molecule has 2 unspecified atom stereocenters. The summed E-state index contributed by atoms with van der Waals surface area (Å²) in [6.07, 6.45) is 3.40. The fourth-order valence-electron chi connectivity index (χ4n) is 4.31. The molecule has 1 aromatic carbocycles. The normalized spacial score (nSPS) is 23.2. The maximum Gasteiger partial charge on any atom is 0.223 e. The van der Waals surface area contributed by atoms with Crippen molar-refractivity contribution < 1.29 is 4.79 Å². The first-order valence-corrected chi connectivity index (χ1v) is 9.47. The number of rotatable bonds is 7. The van der Waals surface area contributed by atoms with Crippen molar-refractivity contribution in [3.8, 4) is 0 Å². The maximum atomic E-state index is 12.7. The van der Waals surface area contributed by atoms with Crippen LogP contribution in [0.3, 0.4) is 0 Å². The molecule has 2 aliphatic rings. The second-order valence-electron chi connectivity index (χ2n) is 7.26. The molecule has 1 amide bonds. The Morgan fingerprint density at radius 3 is 2.54 bits per heavy atom. The number of nitrogens with zero attached hydrogens (tertiary/aromatic N) is 1. The van der Waals surface area contributed by atoms with E-state index < -0.39 is 0 Å². The minimum atomic E-state index is 0.243. The van der Waals surface area contributed by atoms with Crippen molar-refractivity contribution in [2.24, 2.45) is 11.3 Å². The summed E-state index contributed by atoms with van der Waals surface area (Å²) in [6.45, 7) is 9.19. The number of hydrogen-bond donors (Lipinski definition) is 2. The van der Waals surface area contributed by atoms with E-state index in [1.807, 2.05) is 6.07 Å². The summed E-state index contributed by atoms with van der Waals surface area (Å²) < 4.78 is 0. The third-order valence-corrected chi connectivity index (χ3v) is 6.01. The Bertz CT molecular complexity index is 535. The number of benzene rings is 1. The Hall–Kier alpha value is -1.39. The van der Waals surface area contributed by atoms with E-state index >= 15 is 0 Å². The highest BCUT2D eigenvalue weighted by atomic mass is 16.2. The summed E-state index contributed by atoms with van der Waals surface area (Å²) in [5.74, 6) is 0.512. The van der Waals surface area contributed by atoms with Gasteiger partial charge >= 0.3 is 0 Å². The number of amides is 1. The molecule has 1 saturated heterocycles. The number of piperidine rings is 1. The molecule has 2 atom stereocenters. The number of hydrogen-bond acceptors (Lipinski definition) is 3. The molecule has 4 heteroatoms. The quantitative estimate of drug-likeness (QED) is 0.808. The average molecular weight is 329 g/mol. The van der Waals surface area contributed by atoms with Crippen LogP contribution in [0.25, 0.3) is 0 Å². The van der Waals surface area contributed by atoms with Crippen molar-refractivity contribution in [1.29, 1.82) is 0 Å². The van der Waals surface area contributed by atoms with Crippen LogP contribution in [-0.4, -0.2) is 43.5 Å². The van der Waals surface area contributed by atoms with E-state index in [0.29, 0.717) is 12.0 Å². The standard InChI is InChI=1S/C20H31N3O/c1-3-23(4-2)18(16-8-6-5-7-9-16)15-22-19(24)17-14-20(17)10-12-21-13-11-20/h5-9,17-18,21H,3-4,10-15H2,1-2H3,(H,22,24). The monoisotopic (exact) mass is 329 g/mol. The van der Waals surface area contributed by atoms with Gasteiger partial charge in [-0.1, -0.05) is 44.2 Å². The molecule has 0 bridgehead atoms. The summed E-state index contributed by atoms with van der Waals surface area (Å²) in [5, 5.41) is 6.67.